The van der Waals surface area contributed by atoms with Gasteiger partial charge in [0.2, 0.25) is 0 Å². The quantitative estimate of drug-likeness (QED) is 0.923. The van der Waals surface area contributed by atoms with Crippen molar-refractivity contribution >= 4 is 21.6 Å². The molecule has 0 aliphatic rings. The van der Waals surface area contributed by atoms with Crippen molar-refractivity contribution in [3.63, 3.8) is 0 Å². The summed E-state index contributed by atoms with van der Waals surface area (Å²) in [5.41, 5.74) is 0.0747. The molecule has 0 aliphatic carbocycles. The number of rotatable bonds is 3. The third-order valence-electron chi connectivity index (χ3n) is 2.40. The maximum atomic E-state index is 12.0. The van der Waals surface area contributed by atoms with Gasteiger partial charge in [0.25, 0.3) is 5.91 Å². The van der Waals surface area contributed by atoms with Crippen LogP contribution in [0, 0.1) is 6.92 Å². The first kappa shape index (κ1) is 13.3. The van der Waals surface area contributed by atoms with Crippen LogP contribution in [-0.4, -0.2) is 25.7 Å². The van der Waals surface area contributed by atoms with E-state index in [1.165, 1.54) is 12.1 Å². The van der Waals surface area contributed by atoms with Crippen molar-refractivity contribution in [3.8, 4) is 0 Å². The maximum Gasteiger partial charge on any atom is 0.258 e. The molecule has 1 aromatic heterocycles. The number of hydrogen-bond acceptors (Lipinski definition) is 5. The minimum atomic E-state index is -3.47. The van der Waals surface area contributed by atoms with Gasteiger partial charge in [-0.25, -0.2) is 8.42 Å². The van der Waals surface area contributed by atoms with Gasteiger partial charge in [-0.2, -0.15) is 0 Å². The number of carbonyl (C=O) groups excluding carboxylic acids is 1. The van der Waals surface area contributed by atoms with Crippen LogP contribution in [0.1, 0.15) is 16.1 Å². The molecular formula is C12H12N2O4S. The predicted octanol–water partition coefficient (Wildman–Crippen LogP) is 1.64. The topological polar surface area (TPSA) is 89.3 Å². The average Bonchev–Trinajstić information content (AvgIpc) is 2.73. The highest BCUT2D eigenvalue weighted by molar-refractivity contribution is 7.90. The number of hydrogen-bond donors (Lipinski definition) is 1. The molecule has 100 valence electrons. The van der Waals surface area contributed by atoms with E-state index in [0.29, 0.717) is 5.76 Å². The first-order chi connectivity index (χ1) is 8.88. The molecule has 1 amide bonds. The van der Waals surface area contributed by atoms with E-state index in [9.17, 15) is 13.2 Å². The molecule has 19 heavy (non-hydrogen) atoms. The molecule has 0 radical (unpaired) electrons. The molecule has 0 spiro atoms. The van der Waals surface area contributed by atoms with Crippen molar-refractivity contribution < 1.29 is 17.7 Å². The van der Waals surface area contributed by atoms with Crippen LogP contribution in [0.4, 0.5) is 5.82 Å². The van der Waals surface area contributed by atoms with E-state index in [4.69, 9.17) is 4.52 Å². The summed E-state index contributed by atoms with van der Waals surface area (Å²) in [5.74, 6) is 0.242. The molecule has 6 nitrogen and oxygen atoms in total. The Kier molecular flexibility index (Phi) is 3.39. The number of carbonyl (C=O) groups is 1. The van der Waals surface area contributed by atoms with E-state index in [-0.39, 0.29) is 16.3 Å². The molecule has 0 fully saturated rings. The monoisotopic (exact) mass is 280 g/mol. The van der Waals surface area contributed by atoms with Crippen LogP contribution < -0.4 is 5.32 Å². The zero-order valence-electron chi connectivity index (χ0n) is 10.4. The molecule has 1 aromatic carbocycles. The third kappa shape index (κ3) is 3.00. The Morgan fingerprint density at radius 3 is 2.58 bits per heavy atom. The molecule has 0 saturated heterocycles. The Morgan fingerprint density at radius 2 is 2.00 bits per heavy atom. The van der Waals surface area contributed by atoms with E-state index in [2.05, 4.69) is 10.5 Å². The van der Waals surface area contributed by atoms with E-state index in [1.807, 2.05) is 0 Å². The van der Waals surface area contributed by atoms with Crippen molar-refractivity contribution in [1.82, 2.24) is 5.16 Å². The van der Waals surface area contributed by atoms with Crippen LogP contribution in [0.15, 0.2) is 39.8 Å². The van der Waals surface area contributed by atoms with Gasteiger partial charge >= 0.3 is 0 Å². The van der Waals surface area contributed by atoms with Crippen molar-refractivity contribution in [1.29, 1.82) is 0 Å². The molecule has 0 unspecified atom stereocenters. The number of amides is 1. The van der Waals surface area contributed by atoms with Gasteiger partial charge in [0.15, 0.2) is 15.7 Å². The Balaban J connectivity index is 2.35. The first-order valence-electron chi connectivity index (χ1n) is 5.41. The third-order valence-corrected chi connectivity index (χ3v) is 3.56. The molecule has 7 heteroatoms. The highest BCUT2D eigenvalue weighted by Gasteiger charge is 2.18. The smallest absolute Gasteiger partial charge is 0.258 e. The lowest BCUT2D eigenvalue weighted by atomic mass is 10.2. The van der Waals surface area contributed by atoms with Gasteiger partial charge in [-0.1, -0.05) is 17.3 Å². The molecule has 0 bridgehead atoms. The summed E-state index contributed by atoms with van der Waals surface area (Å²) in [6.07, 6.45) is 1.05. The highest BCUT2D eigenvalue weighted by Crippen LogP contribution is 2.17. The van der Waals surface area contributed by atoms with Crippen LogP contribution in [0.5, 0.6) is 0 Å². The lowest BCUT2D eigenvalue weighted by Gasteiger charge is -2.06. The highest BCUT2D eigenvalue weighted by atomic mass is 32.2. The molecule has 1 N–H and O–H groups in total. The van der Waals surface area contributed by atoms with Crippen LogP contribution in [0.2, 0.25) is 0 Å². The summed E-state index contributed by atoms with van der Waals surface area (Å²) in [7, 11) is -3.47. The number of aryl methyl sites for hydroxylation is 1. The summed E-state index contributed by atoms with van der Waals surface area (Å²) < 4.78 is 28.0. The van der Waals surface area contributed by atoms with Gasteiger partial charge in [0.1, 0.15) is 5.76 Å². The summed E-state index contributed by atoms with van der Waals surface area (Å²) >= 11 is 0. The van der Waals surface area contributed by atoms with Gasteiger partial charge in [0.05, 0.1) is 10.5 Å². The largest absolute Gasteiger partial charge is 0.360 e. The molecule has 0 saturated carbocycles. The molecule has 1 heterocycles. The molecule has 2 aromatic rings. The number of sulfone groups is 1. The number of benzene rings is 1. The number of anilines is 1. The van der Waals surface area contributed by atoms with Gasteiger partial charge in [-0.3, -0.25) is 4.79 Å². The van der Waals surface area contributed by atoms with Gasteiger partial charge in [-0.05, 0) is 19.1 Å². The second kappa shape index (κ2) is 4.85. The zero-order chi connectivity index (χ0) is 14.0. The van der Waals surface area contributed by atoms with Crippen LogP contribution in [-0.2, 0) is 9.84 Å². The van der Waals surface area contributed by atoms with Crippen molar-refractivity contribution in [3.05, 3.63) is 41.7 Å². The van der Waals surface area contributed by atoms with E-state index in [0.717, 1.165) is 6.26 Å². The number of nitrogens with one attached hydrogen (secondary N) is 1. The molecule has 0 atom stereocenters. The zero-order valence-corrected chi connectivity index (χ0v) is 11.2. The Morgan fingerprint density at radius 1 is 1.32 bits per heavy atom. The SMILES string of the molecule is Cc1cc(NC(=O)c2ccccc2S(C)(=O)=O)no1. The van der Waals surface area contributed by atoms with Crippen molar-refractivity contribution in [2.75, 3.05) is 11.6 Å². The van der Waals surface area contributed by atoms with Gasteiger partial charge in [0, 0.05) is 12.3 Å². The van der Waals surface area contributed by atoms with E-state index < -0.39 is 15.7 Å². The summed E-state index contributed by atoms with van der Waals surface area (Å²) in [4.78, 5) is 12.0. The molecule has 2 rings (SSSR count). The molecule has 0 aliphatic heterocycles. The van der Waals surface area contributed by atoms with E-state index in [1.54, 1.807) is 25.1 Å². The fraction of sp³-hybridized carbons (Fsp3) is 0.167. The fourth-order valence-electron chi connectivity index (χ4n) is 1.59. The van der Waals surface area contributed by atoms with Crippen LogP contribution in [0.25, 0.3) is 0 Å². The van der Waals surface area contributed by atoms with Crippen LogP contribution in [0.3, 0.4) is 0 Å². The fourth-order valence-corrected chi connectivity index (χ4v) is 2.47. The number of aromatic nitrogens is 1. The van der Waals surface area contributed by atoms with Crippen molar-refractivity contribution in [2.24, 2.45) is 0 Å². The normalized spacial score (nSPS) is 11.3. The minimum Gasteiger partial charge on any atom is -0.360 e. The Hall–Kier alpha value is -2.15. The lowest BCUT2D eigenvalue weighted by molar-refractivity contribution is 0.102. The standard InChI is InChI=1S/C12H12N2O4S/c1-8-7-11(14-18-8)13-12(15)9-5-3-4-6-10(9)19(2,16)17/h3-7H,1-2H3,(H,13,14,15). The Labute approximate surface area is 110 Å². The number of nitrogens with zero attached hydrogens (tertiary/aromatic N) is 1. The minimum absolute atomic E-state index is 0.0206. The second-order valence-electron chi connectivity index (χ2n) is 4.05. The van der Waals surface area contributed by atoms with Crippen molar-refractivity contribution in [2.45, 2.75) is 11.8 Å². The lowest BCUT2D eigenvalue weighted by Crippen LogP contribution is -2.16. The Bertz CT molecular complexity index is 719. The summed E-state index contributed by atoms with van der Waals surface area (Å²) in [6.45, 7) is 1.69. The maximum absolute atomic E-state index is 12.0. The molecular weight excluding hydrogens is 268 g/mol. The first-order valence-corrected chi connectivity index (χ1v) is 7.31. The van der Waals surface area contributed by atoms with Gasteiger partial charge < -0.3 is 9.84 Å². The predicted molar refractivity (Wildman–Crippen MR) is 68.7 cm³/mol. The van der Waals surface area contributed by atoms with Crippen LogP contribution >= 0.6 is 0 Å². The average molecular weight is 280 g/mol. The second-order valence-corrected chi connectivity index (χ2v) is 6.03. The van der Waals surface area contributed by atoms with E-state index >= 15 is 0 Å². The van der Waals surface area contributed by atoms with Gasteiger partial charge in [-0.15, -0.1) is 0 Å². The summed E-state index contributed by atoms with van der Waals surface area (Å²) in [6, 6.07) is 7.53. The summed E-state index contributed by atoms with van der Waals surface area (Å²) in [5, 5.41) is 6.10.